The van der Waals surface area contributed by atoms with Gasteiger partial charge in [-0.15, -0.1) is 0 Å². The molecule has 2 aromatic carbocycles. The van der Waals surface area contributed by atoms with Crippen LogP contribution < -0.4 is 15.2 Å². The van der Waals surface area contributed by atoms with Gasteiger partial charge in [0.1, 0.15) is 6.61 Å². The Morgan fingerprint density at radius 3 is 2.45 bits per heavy atom. The predicted molar refractivity (Wildman–Crippen MR) is 90.5 cm³/mol. The van der Waals surface area contributed by atoms with Gasteiger partial charge in [0.15, 0.2) is 11.5 Å². The van der Waals surface area contributed by atoms with Gasteiger partial charge in [0, 0.05) is 5.56 Å². The van der Waals surface area contributed by atoms with Gasteiger partial charge >= 0.3 is 0 Å². The molecule has 0 aliphatic carbocycles. The van der Waals surface area contributed by atoms with Gasteiger partial charge in [0.05, 0.1) is 6.61 Å². The second-order valence-electron chi connectivity index (χ2n) is 5.36. The maximum Gasteiger partial charge on any atom is 0.165 e. The molecule has 2 rings (SSSR count). The number of hydrogen-bond donors (Lipinski definition) is 1. The van der Waals surface area contributed by atoms with E-state index in [9.17, 15) is 0 Å². The summed E-state index contributed by atoms with van der Waals surface area (Å²) in [4.78, 5) is 0. The zero-order valence-corrected chi connectivity index (χ0v) is 13.4. The molecule has 0 amide bonds. The van der Waals surface area contributed by atoms with Crippen LogP contribution in [0.1, 0.15) is 37.3 Å². The molecule has 0 aliphatic heterocycles. The second kappa shape index (κ2) is 8.44. The van der Waals surface area contributed by atoms with E-state index in [0.29, 0.717) is 25.7 Å². The molecule has 118 valence electrons. The monoisotopic (exact) mass is 299 g/mol. The van der Waals surface area contributed by atoms with Crippen LogP contribution >= 0.6 is 0 Å². The highest BCUT2D eigenvalue weighted by atomic mass is 16.5. The largest absolute Gasteiger partial charge is 0.490 e. The maximum absolute atomic E-state index is 6.11. The van der Waals surface area contributed by atoms with Crippen LogP contribution in [0.2, 0.25) is 0 Å². The van der Waals surface area contributed by atoms with E-state index in [0.717, 1.165) is 29.0 Å². The molecule has 1 unspecified atom stereocenters. The third-order valence-electron chi connectivity index (χ3n) is 3.67. The summed E-state index contributed by atoms with van der Waals surface area (Å²) < 4.78 is 11.8. The zero-order chi connectivity index (χ0) is 15.8. The number of rotatable bonds is 8. The maximum atomic E-state index is 6.11. The lowest BCUT2D eigenvalue weighted by Crippen LogP contribution is -2.08. The summed E-state index contributed by atoms with van der Waals surface area (Å²) in [6, 6.07) is 16.2. The van der Waals surface area contributed by atoms with Crippen molar-refractivity contribution in [3.63, 3.8) is 0 Å². The number of nitrogens with two attached hydrogens (primary N) is 1. The van der Waals surface area contributed by atoms with Crippen LogP contribution in [0.4, 0.5) is 0 Å². The van der Waals surface area contributed by atoms with Gasteiger partial charge in [-0.1, -0.05) is 49.4 Å². The Bertz CT molecular complexity index is 569. The third kappa shape index (κ3) is 4.25. The third-order valence-corrected chi connectivity index (χ3v) is 3.67. The van der Waals surface area contributed by atoms with Gasteiger partial charge in [0.2, 0.25) is 0 Å². The fraction of sp³-hybridized carbons (Fsp3) is 0.368. The Labute approximate surface area is 133 Å². The molecule has 0 aliphatic rings. The van der Waals surface area contributed by atoms with E-state index in [1.165, 1.54) is 0 Å². The molecule has 0 radical (unpaired) electrons. The highest BCUT2D eigenvalue weighted by Crippen LogP contribution is 2.37. The predicted octanol–water partition coefficient (Wildman–Crippen LogP) is 4.12. The standard InChI is InChI=1S/C19H25NO2/c1-3-21-18-11-7-10-17(15(2)12-13-20)19(18)22-14-16-8-5-4-6-9-16/h4-11,15H,3,12-14,20H2,1-2H3. The highest BCUT2D eigenvalue weighted by molar-refractivity contribution is 5.48. The Hall–Kier alpha value is -2.00. The number of benzene rings is 2. The van der Waals surface area contributed by atoms with Crippen molar-refractivity contribution >= 4 is 0 Å². The van der Waals surface area contributed by atoms with Crippen molar-refractivity contribution in [1.29, 1.82) is 0 Å². The molecule has 1 atom stereocenters. The van der Waals surface area contributed by atoms with Crippen LogP contribution in [0.5, 0.6) is 11.5 Å². The summed E-state index contributed by atoms with van der Waals surface area (Å²) in [6.07, 6.45) is 0.928. The van der Waals surface area contributed by atoms with Crippen LogP contribution in [0.3, 0.4) is 0 Å². The zero-order valence-electron chi connectivity index (χ0n) is 13.4. The van der Waals surface area contributed by atoms with E-state index in [4.69, 9.17) is 15.2 Å². The topological polar surface area (TPSA) is 44.5 Å². The minimum absolute atomic E-state index is 0.344. The van der Waals surface area contributed by atoms with Crippen LogP contribution in [-0.4, -0.2) is 13.2 Å². The van der Waals surface area contributed by atoms with Gasteiger partial charge in [-0.2, -0.15) is 0 Å². The first kappa shape index (κ1) is 16.4. The molecule has 0 fully saturated rings. The Morgan fingerprint density at radius 2 is 1.77 bits per heavy atom. The van der Waals surface area contributed by atoms with Crippen molar-refractivity contribution in [2.45, 2.75) is 32.8 Å². The number of para-hydroxylation sites is 1. The molecule has 22 heavy (non-hydrogen) atoms. The summed E-state index contributed by atoms with van der Waals surface area (Å²) in [5.41, 5.74) is 8.01. The number of hydrogen-bond acceptors (Lipinski definition) is 3. The van der Waals surface area contributed by atoms with Crippen molar-refractivity contribution in [2.24, 2.45) is 5.73 Å². The molecular weight excluding hydrogens is 274 g/mol. The fourth-order valence-corrected chi connectivity index (χ4v) is 2.48. The first-order valence-electron chi connectivity index (χ1n) is 7.88. The summed E-state index contributed by atoms with van der Waals surface area (Å²) in [6.45, 7) is 5.98. The molecule has 0 spiro atoms. The Kier molecular flexibility index (Phi) is 6.28. The van der Waals surface area contributed by atoms with E-state index < -0.39 is 0 Å². The molecule has 0 aromatic heterocycles. The smallest absolute Gasteiger partial charge is 0.165 e. The number of ether oxygens (including phenoxy) is 2. The Morgan fingerprint density at radius 1 is 1.00 bits per heavy atom. The molecule has 0 saturated carbocycles. The molecule has 0 saturated heterocycles. The molecule has 0 heterocycles. The normalized spacial score (nSPS) is 12.0. The van der Waals surface area contributed by atoms with E-state index >= 15 is 0 Å². The lowest BCUT2D eigenvalue weighted by Gasteiger charge is -2.19. The average molecular weight is 299 g/mol. The van der Waals surface area contributed by atoms with Crippen LogP contribution in [0, 0.1) is 0 Å². The minimum atomic E-state index is 0.344. The first-order valence-corrected chi connectivity index (χ1v) is 7.88. The molecule has 3 heteroatoms. The van der Waals surface area contributed by atoms with Crippen molar-refractivity contribution in [3.05, 3.63) is 59.7 Å². The Balaban J connectivity index is 2.24. The van der Waals surface area contributed by atoms with Crippen LogP contribution in [0.25, 0.3) is 0 Å². The average Bonchev–Trinajstić information content (AvgIpc) is 2.55. The van der Waals surface area contributed by atoms with E-state index in [2.05, 4.69) is 25.1 Å². The van der Waals surface area contributed by atoms with Crippen LogP contribution in [-0.2, 0) is 6.61 Å². The van der Waals surface area contributed by atoms with Gasteiger partial charge < -0.3 is 15.2 Å². The van der Waals surface area contributed by atoms with E-state index in [1.54, 1.807) is 0 Å². The highest BCUT2D eigenvalue weighted by Gasteiger charge is 2.16. The van der Waals surface area contributed by atoms with Gasteiger partial charge in [-0.25, -0.2) is 0 Å². The van der Waals surface area contributed by atoms with Crippen molar-refractivity contribution in [3.8, 4) is 11.5 Å². The van der Waals surface area contributed by atoms with Gasteiger partial charge in [-0.3, -0.25) is 0 Å². The summed E-state index contributed by atoms with van der Waals surface area (Å²) in [7, 11) is 0. The second-order valence-corrected chi connectivity index (χ2v) is 5.36. The van der Waals surface area contributed by atoms with Crippen molar-refractivity contribution in [1.82, 2.24) is 0 Å². The quantitative estimate of drug-likeness (QED) is 0.797. The summed E-state index contributed by atoms with van der Waals surface area (Å²) >= 11 is 0. The summed E-state index contributed by atoms with van der Waals surface area (Å²) in [5.74, 6) is 1.99. The lowest BCUT2D eigenvalue weighted by atomic mass is 9.96. The van der Waals surface area contributed by atoms with Crippen molar-refractivity contribution < 1.29 is 9.47 Å². The molecule has 3 nitrogen and oxygen atoms in total. The van der Waals surface area contributed by atoms with Crippen molar-refractivity contribution in [2.75, 3.05) is 13.2 Å². The first-order chi connectivity index (χ1) is 10.8. The van der Waals surface area contributed by atoms with E-state index in [1.807, 2.05) is 37.3 Å². The lowest BCUT2D eigenvalue weighted by molar-refractivity contribution is 0.265. The van der Waals surface area contributed by atoms with Crippen LogP contribution in [0.15, 0.2) is 48.5 Å². The van der Waals surface area contributed by atoms with Gasteiger partial charge in [0.25, 0.3) is 0 Å². The molecule has 0 bridgehead atoms. The fourth-order valence-electron chi connectivity index (χ4n) is 2.48. The molecule has 2 aromatic rings. The minimum Gasteiger partial charge on any atom is -0.490 e. The molecular formula is C19H25NO2. The molecule has 2 N–H and O–H groups in total. The van der Waals surface area contributed by atoms with Gasteiger partial charge in [-0.05, 0) is 37.4 Å². The SMILES string of the molecule is CCOc1cccc(C(C)CCN)c1OCc1ccccc1. The summed E-state index contributed by atoms with van der Waals surface area (Å²) in [5, 5.41) is 0. The van der Waals surface area contributed by atoms with E-state index in [-0.39, 0.29) is 0 Å².